The molecule has 0 aliphatic rings. The number of hydrogen-bond acceptors (Lipinski definition) is 5. The van der Waals surface area contributed by atoms with Crippen molar-refractivity contribution in [1.29, 1.82) is 0 Å². The molecule has 0 aliphatic heterocycles. The van der Waals surface area contributed by atoms with Crippen molar-refractivity contribution in [3.63, 3.8) is 0 Å². The first-order valence-electron chi connectivity index (χ1n) is 8.56. The van der Waals surface area contributed by atoms with Crippen LogP contribution in [0, 0.1) is 0 Å². The molecular formula is C20H23N3O4. The third kappa shape index (κ3) is 5.64. The van der Waals surface area contributed by atoms with Crippen molar-refractivity contribution in [2.75, 3.05) is 11.9 Å². The van der Waals surface area contributed by atoms with Gasteiger partial charge in [-0.05, 0) is 45.9 Å². The van der Waals surface area contributed by atoms with Gasteiger partial charge in [-0.2, -0.15) is 0 Å². The molecule has 2 rings (SSSR count). The molecule has 142 valence electrons. The number of amides is 2. The monoisotopic (exact) mass is 369 g/mol. The predicted octanol–water partition coefficient (Wildman–Crippen LogP) is 3.04. The Morgan fingerprint density at radius 2 is 1.67 bits per heavy atom. The summed E-state index contributed by atoms with van der Waals surface area (Å²) in [6, 6.07) is 8.01. The number of ether oxygens (including phenoxy) is 1. The lowest BCUT2D eigenvalue weighted by Crippen LogP contribution is -2.40. The van der Waals surface area contributed by atoms with Gasteiger partial charge in [0.05, 0.1) is 29.0 Å². The fraction of sp³-hybridized carbons (Fsp3) is 0.300. The lowest BCUT2D eigenvalue weighted by molar-refractivity contribution is 0.0527. The molecule has 27 heavy (non-hydrogen) atoms. The van der Waals surface area contributed by atoms with E-state index in [1.807, 2.05) is 20.8 Å². The van der Waals surface area contributed by atoms with Crippen molar-refractivity contribution in [2.45, 2.75) is 33.2 Å². The fourth-order valence-corrected chi connectivity index (χ4v) is 2.27. The summed E-state index contributed by atoms with van der Waals surface area (Å²) in [6.07, 6.45) is 2.75. The number of aromatic nitrogens is 1. The van der Waals surface area contributed by atoms with Gasteiger partial charge in [0.15, 0.2) is 0 Å². The second-order valence-corrected chi connectivity index (χ2v) is 6.89. The Balaban J connectivity index is 2.22. The zero-order valence-electron chi connectivity index (χ0n) is 15.8. The molecule has 2 N–H and O–H groups in total. The van der Waals surface area contributed by atoms with Gasteiger partial charge in [0.2, 0.25) is 0 Å². The molecule has 2 aromatic rings. The minimum atomic E-state index is -0.523. The van der Waals surface area contributed by atoms with Crippen molar-refractivity contribution in [1.82, 2.24) is 10.3 Å². The number of nitrogens with zero attached hydrogens (tertiary/aromatic N) is 1. The number of hydrogen-bond donors (Lipinski definition) is 2. The van der Waals surface area contributed by atoms with Crippen molar-refractivity contribution in [3.8, 4) is 0 Å². The second kappa shape index (κ2) is 8.44. The summed E-state index contributed by atoms with van der Waals surface area (Å²) in [7, 11) is 0. The van der Waals surface area contributed by atoms with Crippen LogP contribution < -0.4 is 10.6 Å². The average Bonchev–Trinajstić information content (AvgIpc) is 2.61. The molecule has 0 unspecified atom stereocenters. The van der Waals surface area contributed by atoms with E-state index in [0.717, 1.165) is 0 Å². The normalized spacial score (nSPS) is 10.8. The molecular weight excluding hydrogens is 346 g/mol. The largest absolute Gasteiger partial charge is 0.462 e. The third-order valence-corrected chi connectivity index (χ3v) is 3.42. The number of esters is 1. The number of nitrogens with one attached hydrogen (secondary N) is 2. The first-order valence-corrected chi connectivity index (χ1v) is 8.56. The highest BCUT2D eigenvalue weighted by molar-refractivity contribution is 6.08. The van der Waals surface area contributed by atoms with Gasteiger partial charge in [0.25, 0.3) is 11.8 Å². The standard InChI is InChI=1S/C20H23N3O4/c1-5-27-19(26)15-8-6-7-9-16(15)22-17(24)13-10-14(12-21-11-13)18(25)23-20(2,3)4/h6-12H,5H2,1-4H3,(H,22,24)(H,23,25). The molecule has 0 radical (unpaired) electrons. The molecule has 0 bridgehead atoms. The van der Waals surface area contributed by atoms with Crippen molar-refractivity contribution in [3.05, 3.63) is 59.4 Å². The highest BCUT2D eigenvalue weighted by atomic mass is 16.5. The first-order chi connectivity index (χ1) is 12.7. The Morgan fingerprint density at radius 1 is 1.04 bits per heavy atom. The van der Waals surface area contributed by atoms with Gasteiger partial charge < -0.3 is 15.4 Å². The van der Waals surface area contributed by atoms with E-state index in [0.29, 0.717) is 5.69 Å². The first kappa shape index (κ1) is 20.1. The number of benzene rings is 1. The van der Waals surface area contributed by atoms with Crippen molar-refractivity contribution in [2.24, 2.45) is 0 Å². The van der Waals surface area contributed by atoms with Crippen LogP contribution >= 0.6 is 0 Å². The van der Waals surface area contributed by atoms with E-state index in [1.165, 1.54) is 18.5 Å². The lowest BCUT2D eigenvalue weighted by atomic mass is 10.1. The smallest absolute Gasteiger partial charge is 0.340 e. The summed E-state index contributed by atoms with van der Waals surface area (Å²) in [5, 5.41) is 5.49. The quantitative estimate of drug-likeness (QED) is 0.790. The third-order valence-electron chi connectivity index (χ3n) is 3.42. The number of rotatable bonds is 5. The average molecular weight is 369 g/mol. The number of carbonyl (C=O) groups excluding carboxylic acids is 3. The Bertz CT molecular complexity index is 856. The molecule has 2 amide bonds. The highest BCUT2D eigenvalue weighted by Crippen LogP contribution is 2.17. The molecule has 0 spiro atoms. The van der Waals surface area contributed by atoms with Crippen LogP contribution in [-0.2, 0) is 4.74 Å². The van der Waals surface area contributed by atoms with E-state index in [2.05, 4.69) is 15.6 Å². The Kier molecular flexibility index (Phi) is 6.28. The molecule has 1 aromatic carbocycles. The zero-order chi connectivity index (χ0) is 20.0. The van der Waals surface area contributed by atoms with Crippen molar-refractivity contribution >= 4 is 23.5 Å². The van der Waals surface area contributed by atoms with Gasteiger partial charge in [0.1, 0.15) is 0 Å². The minimum absolute atomic E-state index is 0.204. The number of pyridine rings is 1. The van der Waals surface area contributed by atoms with Crippen LogP contribution in [0.2, 0.25) is 0 Å². The molecule has 0 fully saturated rings. The van der Waals surface area contributed by atoms with Crippen LogP contribution in [0.3, 0.4) is 0 Å². The maximum Gasteiger partial charge on any atom is 0.340 e. The predicted molar refractivity (Wildman–Crippen MR) is 102 cm³/mol. The molecule has 0 saturated heterocycles. The summed E-state index contributed by atoms with van der Waals surface area (Å²) in [6.45, 7) is 7.53. The number of para-hydroxylation sites is 1. The fourth-order valence-electron chi connectivity index (χ4n) is 2.27. The van der Waals surface area contributed by atoms with Gasteiger partial charge in [-0.15, -0.1) is 0 Å². The van der Waals surface area contributed by atoms with Crippen molar-refractivity contribution < 1.29 is 19.1 Å². The van der Waals surface area contributed by atoms with Crippen LogP contribution in [0.1, 0.15) is 58.8 Å². The summed E-state index contributed by atoms with van der Waals surface area (Å²) in [5.41, 5.74) is 0.646. The van der Waals surface area contributed by atoms with E-state index in [1.54, 1.807) is 31.2 Å². The topological polar surface area (TPSA) is 97.4 Å². The summed E-state index contributed by atoms with van der Waals surface area (Å²) in [5.74, 6) is -1.33. The molecule has 1 aromatic heterocycles. The lowest BCUT2D eigenvalue weighted by Gasteiger charge is -2.20. The van der Waals surface area contributed by atoms with Gasteiger partial charge in [-0.3, -0.25) is 14.6 Å². The maximum atomic E-state index is 12.6. The van der Waals surface area contributed by atoms with Crippen LogP contribution in [0.4, 0.5) is 5.69 Å². The Hall–Kier alpha value is -3.22. The number of carbonyl (C=O) groups is 3. The van der Waals surface area contributed by atoms with Crippen LogP contribution in [0.15, 0.2) is 42.7 Å². The van der Waals surface area contributed by atoms with Gasteiger partial charge in [-0.25, -0.2) is 4.79 Å². The van der Waals surface area contributed by atoms with Gasteiger partial charge in [-0.1, -0.05) is 12.1 Å². The molecule has 0 saturated carbocycles. The zero-order valence-corrected chi connectivity index (χ0v) is 15.8. The van der Waals surface area contributed by atoms with E-state index in [4.69, 9.17) is 4.74 Å². The highest BCUT2D eigenvalue weighted by Gasteiger charge is 2.18. The van der Waals surface area contributed by atoms with E-state index >= 15 is 0 Å². The molecule has 0 atom stereocenters. The van der Waals surface area contributed by atoms with E-state index in [-0.39, 0.29) is 29.2 Å². The summed E-state index contributed by atoms with van der Waals surface area (Å²) >= 11 is 0. The van der Waals surface area contributed by atoms with E-state index < -0.39 is 17.4 Å². The van der Waals surface area contributed by atoms with Crippen LogP contribution in [-0.4, -0.2) is 34.9 Å². The van der Waals surface area contributed by atoms with Gasteiger partial charge >= 0.3 is 5.97 Å². The summed E-state index contributed by atoms with van der Waals surface area (Å²) < 4.78 is 5.00. The minimum Gasteiger partial charge on any atom is -0.462 e. The van der Waals surface area contributed by atoms with Gasteiger partial charge in [0, 0.05) is 17.9 Å². The molecule has 7 heteroatoms. The second-order valence-electron chi connectivity index (χ2n) is 6.89. The van der Waals surface area contributed by atoms with Crippen LogP contribution in [0.25, 0.3) is 0 Å². The maximum absolute atomic E-state index is 12.6. The Labute approximate surface area is 158 Å². The summed E-state index contributed by atoms with van der Waals surface area (Å²) in [4.78, 5) is 40.8. The number of anilines is 1. The van der Waals surface area contributed by atoms with Crippen LogP contribution in [0.5, 0.6) is 0 Å². The molecule has 1 heterocycles. The molecule has 0 aliphatic carbocycles. The van der Waals surface area contributed by atoms with E-state index in [9.17, 15) is 14.4 Å². The molecule has 7 nitrogen and oxygen atoms in total. The SMILES string of the molecule is CCOC(=O)c1ccccc1NC(=O)c1cncc(C(=O)NC(C)(C)C)c1. The Morgan fingerprint density at radius 3 is 2.30 bits per heavy atom.